The number of amidine groups is 1. The summed E-state index contributed by atoms with van der Waals surface area (Å²) in [4.78, 5) is 12.0. The zero-order valence-electron chi connectivity index (χ0n) is 11.7. The van der Waals surface area contributed by atoms with Gasteiger partial charge in [-0.15, -0.1) is 5.10 Å². The van der Waals surface area contributed by atoms with E-state index in [1.54, 1.807) is 30.5 Å². The summed E-state index contributed by atoms with van der Waals surface area (Å²) >= 11 is 13.2. The molecule has 23 heavy (non-hydrogen) atoms. The van der Waals surface area contributed by atoms with Crippen molar-refractivity contribution in [2.24, 2.45) is 10.2 Å². The first-order chi connectivity index (χ1) is 11.1. The molecule has 1 aromatic heterocycles. The summed E-state index contributed by atoms with van der Waals surface area (Å²) in [5.74, 6) is 0.490. The van der Waals surface area contributed by atoms with Crippen LogP contribution in [0.2, 0.25) is 10.0 Å². The van der Waals surface area contributed by atoms with Crippen LogP contribution < -0.4 is 5.32 Å². The average Bonchev–Trinajstić information content (AvgIpc) is 3.14. The van der Waals surface area contributed by atoms with Crippen LogP contribution >= 0.6 is 35.0 Å². The van der Waals surface area contributed by atoms with Crippen molar-refractivity contribution in [2.45, 2.75) is 11.7 Å². The zero-order chi connectivity index (χ0) is 16.2. The fraction of sp³-hybridized carbons (Fsp3) is 0.133. The lowest BCUT2D eigenvalue weighted by molar-refractivity contribution is -0.118. The maximum atomic E-state index is 12.0. The summed E-state index contributed by atoms with van der Waals surface area (Å²) < 4.78 is 5.10. The number of carbonyl (C=O) groups is 1. The molecule has 1 atom stereocenters. The number of nitrogens with one attached hydrogen (secondary N) is 1. The minimum atomic E-state index is -0.273. The number of halogens is 2. The monoisotopic (exact) mass is 367 g/mol. The van der Waals surface area contributed by atoms with Gasteiger partial charge in [0.25, 0.3) is 0 Å². The zero-order valence-corrected chi connectivity index (χ0v) is 14.0. The lowest BCUT2D eigenvalue weighted by Gasteiger charge is -2.06. The van der Waals surface area contributed by atoms with Crippen molar-refractivity contribution in [1.82, 2.24) is 5.32 Å². The highest BCUT2D eigenvalue weighted by atomic mass is 35.5. The van der Waals surface area contributed by atoms with Crippen LogP contribution in [0.3, 0.4) is 0 Å². The molecule has 1 fully saturated rings. The van der Waals surface area contributed by atoms with Gasteiger partial charge in [-0.2, -0.15) is 5.10 Å². The Morgan fingerprint density at radius 2 is 2.17 bits per heavy atom. The van der Waals surface area contributed by atoms with Gasteiger partial charge in [0.1, 0.15) is 5.76 Å². The van der Waals surface area contributed by atoms with E-state index in [9.17, 15) is 4.79 Å². The number of amides is 1. The predicted octanol–water partition coefficient (Wildman–Crippen LogP) is 3.75. The molecule has 0 saturated carbocycles. The molecule has 8 heteroatoms. The lowest BCUT2D eigenvalue weighted by Crippen LogP contribution is -2.25. The summed E-state index contributed by atoms with van der Waals surface area (Å²) in [6.07, 6.45) is 3.56. The summed E-state index contributed by atoms with van der Waals surface area (Å²) in [6.45, 7) is 0. The van der Waals surface area contributed by atoms with Crippen LogP contribution in [0.5, 0.6) is 0 Å². The summed E-state index contributed by atoms with van der Waals surface area (Å²) in [7, 11) is 0. The van der Waals surface area contributed by atoms with E-state index in [1.165, 1.54) is 18.0 Å². The van der Waals surface area contributed by atoms with Gasteiger partial charge in [0.2, 0.25) is 5.91 Å². The highest BCUT2D eigenvalue weighted by molar-refractivity contribution is 8.15. The van der Waals surface area contributed by atoms with Crippen molar-refractivity contribution >= 4 is 52.3 Å². The average molecular weight is 368 g/mol. The fourth-order valence-electron chi connectivity index (χ4n) is 1.97. The third kappa shape index (κ3) is 4.16. The Morgan fingerprint density at radius 3 is 2.91 bits per heavy atom. The largest absolute Gasteiger partial charge is 0.463 e. The molecular weight excluding hydrogens is 357 g/mol. The van der Waals surface area contributed by atoms with Crippen LogP contribution in [0.1, 0.15) is 11.3 Å². The topological polar surface area (TPSA) is 67.0 Å². The molecule has 1 N–H and O–H groups in total. The van der Waals surface area contributed by atoms with E-state index in [0.717, 1.165) is 5.56 Å². The Hall–Kier alpha value is -1.76. The normalized spacial score (nSPS) is 19.7. The van der Waals surface area contributed by atoms with Crippen molar-refractivity contribution in [2.75, 3.05) is 0 Å². The Morgan fingerprint density at radius 1 is 1.30 bits per heavy atom. The standard InChI is InChI=1S/C15H11Cl2N3O2S/c16-11-4-3-9(6-12(11)17)7-13-14(21)19-15(23-13)20-18-8-10-2-1-5-22-10/h1-6,8,13H,7H2,(H,19,20,21)/b18-8-/t13-/m1/s1. The molecule has 5 nitrogen and oxygen atoms in total. The predicted molar refractivity (Wildman–Crippen MR) is 93.4 cm³/mol. The first kappa shape index (κ1) is 16.1. The third-order valence-electron chi connectivity index (χ3n) is 3.06. The molecule has 1 amide bonds. The van der Waals surface area contributed by atoms with Gasteiger partial charge >= 0.3 is 0 Å². The van der Waals surface area contributed by atoms with Crippen LogP contribution in [-0.4, -0.2) is 22.5 Å². The second-order valence-electron chi connectivity index (χ2n) is 4.71. The lowest BCUT2D eigenvalue weighted by atomic mass is 10.1. The second-order valence-corrected chi connectivity index (χ2v) is 6.72. The second kappa shape index (κ2) is 7.21. The molecule has 118 valence electrons. The number of hydrogen-bond donors (Lipinski definition) is 1. The molecule has 1 aromatic carbocycles. The van der Waals surface area contributed by atoms with Gasteiger partial charge in [0.15, 0.2) is 5.17 Å². The van der Waals surface area contributed by atoms with E-state index in [2.05, 4.69) is 15.5 Å². The van der Waals surface area contributed by atoms with Gasteiger partial charge in [-0.1, -0.05) is 41.0 Å². The fourth-order valence-corrected chi connectivity index (χ4v) is 3.26. The molecule has 0 radical (unpaired) electrons. The molecule has 0 unspecified atom stereocenters. The molecule has 2 heterocycles. The molecule has 1 saturated heterocycles. The van der Waals surface area contributed by atoms with E-state index in [0.29, 0.717) is 27.4 Å². The Balaban J connectivity index is 1.64. The minimum Gasteiger partial charge on any atom is -0.463 e. The molecule has 3 rings (SSSR count). The van der Waals surface area contributed by atoms with Crippen molar-refractivity contribution in [3.63, 3.8) is 0 Å². The van der Waals surface area contributed by atoms with Gasteiger partial charge in [-0.3, -0.25) is 4.79 Å². The Bertz CT molecular complexity index is 775. The van der Waals surface area contributed by atoms with Gasteiger partial charge in [-0.05, 0) is 36.2 Å². The number of rotatable bonds is 4. The van der Waals surface area contributed by atoms with Crippen molar-refractivity contribution in [3.8, 4) is 0 Å². The Kier molecular flexibility index (Phi) is 5.05. The highest BCUT2D eigenvalue weighted by Gasteiger charge is 2.30. The van der Waals surface area contributed by atoms with Gasteiger partial charge in [0, 0.05) is 0 Å². The molecule has 1 aliphatic rings. The first-order valence-electron chi connectivity index (χ1n) is 6.68. The van der Waals surface area contributed by atoms with Gasteiger partial charge in [-0.25, -0.2) is 0 Å². The third-order valence-corrected chi connectivity index (χ3v) is 4.87. The van der Waals surface area contributed by atoms with Crippen molar-refractivity contribution in [3.05, 3.63) is 58.0 Å². The molecule has 2 aromatic rings. The summed E-state index contributed by atoms with van der Waals surface area (Å²) in [5.41, 5.74) is 0.937. The van der Waals surface area contributed by atoms with Crippen molar-refractivity contribution in [1.29, 1.82) is 0 Å². The maximum Gasteiger partial charge on any atom is 0.239 e. The quantitative estimate of drug-likeness (QED) is 0.660. The van der Waals surface area contributed by atoms with Crippen LogP contribution in [0.15, 0.2) is 51.2 Å². The van der Waals surface area contributed by atoms with Gasteiger partial charge in [0.05, 0.1) is 27.8 Å². The summed E-state index contributed by atoms with van der Waals surface area (Å²) in [6, 6.07) is 8.86. The van der Waals surface area contributed by atoms with E-state index in [-0.39, 0.29) is 11.2 Å². The van der Waals surface area contributed by atoms with Crippen molar-refractivity contribution < 1.29 is 9.21 Å². The molecule has 0 aliphatic carbocycles. The number of carbonyl (C=O) groups excluding carboxylic acids is 1. The number of nitrogens with zero attached hydrogens (tertiary/aromatic N) is 2. The number of hydrogen-bond acceptors (Lipinski definition) is 5. The van der Waals surface area contributed by atoms with Gasteiger partial charge < -0.3 is 9.73 Å². The molecule has 0 spiro atoms. The smallest absolute Gasteiger partial charge is 0.239 e. The van der Waals surface area contributed by atoms with Crippen LogP contribution in [0.4, 0.5) is 0 Å². The minimum absolute atomic E-state index is 0.104. The van der Waals surface area contributed by atoms with Crippen LogP contribution in [0, 0.1) is 0 Å². The van der Waals surface area contributed by atoms with Crippen LogP contribution in [0.25, 0.3) is 0 Å². The van der Waals surface area contributed by atoms with Crippen LogP contribution in [-0.2, 0) is 11.2 Å². The summed E-state index contributed by atoms with van der Waals surface area (Å²) in [5, 5.41) is 11.7. The van der Waals surface area contributed by atoms with E-state index < -0.39 is 0 Å². The maximum absolute atomic E-state index is 12.0. The number of thioether (sulfide) groups is 1. The van der Waals surface area contributed by atoms with E-state index >= 15 is 0 Å². The Labute approximate surface area is 146 Å². The SMILES string of the molecule is O=C1N/C(=N/N=C\c2ccco2)S[C@@H]1Cc1ccc(Cl)c(Cl)c1. The molecular formula is C15H11Cl2N3O2S. The van der Waals surface area contributed by atoms with E-state index in [4.69, 9.17) is 27.6 Å². The van der Waals surface area contributed by atoms with E-state index in [1.807, 2.05) is 6.07 Å². The first-order valence-corrected chi connectivity index (χ1v) is 8.31. The number of benzene rings is 1. The molecule has 0 bridgehead atoms. The molecule has 1 aliphatic heterocycles. The highest BCUT2D eigenvalue weighted by Crippen LogP contribution is 2.27. The number of furan rings is 1.